The summed E-state index contributed by atoms with van der Waals surface area (Å²) in [5.74, 6) is -1.06. The Hall–Kier alpha value is -3.01. The van der Waals surface area contributed by atoms with Crippen molar-refractivity contribution in [2.75, 3.05) is 6.61 Å². The van der Waals surface area contributed by atoms with E-state index in [1.165, 1.54) is 18.2 Å². The van der Waals surface area contributed by atoms with Crippen molar-refractivity contribution in [3.63, 3.8) is 0 Å². The summed E-state index contributed by atoms with van der Waals surface area (Å²) in [6, 6.07) is 16.0. The van der Waals surface area contributed by atoms with Gasteiger partial charge >= 0.3 is 11.9 Å². The maximum Gasteiger partial charge on any atom is 0.303 e. The molecule has 2 aromatic carbocycles. The van der Waals surface area contributed by atoms with Crippen molar-refractivity contribution >= 4 is 22.0 Å². The quantitative estimate of drug-likeness (QED) is 0.388. The number of esters is 2. The molecule has 0 bridgehead atoms. The average Bonchev–Trinajstić information content (AvgIpc) is 2.81. The SMILES string of the molecule is CC(=O)OC[C@H]1O[C@H](N(Cc2ccccc2)S(=O)(=O)c2ccc(C(C)(C)C)cc2)C=C[C@@H]1OC(C)=O. The van der Waals surface area contributed by atoms with Crippen molar-refractivity contribution in [3.8, 4) is 0 Å². The normalized spacial score (nSPS) is 20.2. The summed E-state index contributed by atoms with van der Waals surface area (Å²) in [5, 5.41) is 0. The molecule has 3 atom stereocenters. The summed E-state index contributed by atoms with van der Waals surface area (Å²) in [6.07, 6.45) is 0.377. The van der Waals surface area contributed by atoms with Crippen molar-refractivity contribution in [2.45, 2.75) is 69.9 Å². The number of carbonyl (C=O) groups is 2. The van der Waals surface area contributed by atoms with Gasteiger partial charge in [-0.1, -0.05) is 63.2 Å². The lowest BCUT2D eigenvalue weighted by molar-refractivity contribution is -0.169. The van der Waals surface area contributed by atoms with Gasteiger partial charge in [0.1, 0.15) is 25.0 Å². The minimum Gasteiger partial charge on any atom is -0.463 e. The van der Waals surface area contributed by atoms with Crippen LogP contribution in [0.15, 0.2) is 71.6 Å². The molecule has 0 spiro atoms. The average molecular weight is 516 g/mol. The third kappa shape index (κ3) is 7.02. The first kappa shape index (κ1) is 27.6. The van der Waals surface area contributed by atoms with Gasteiger partial charge in [0.05, 0.1) is 4.90 Å². The molecule has 9 heteroatoms. The molecule has 2 aromatic rings. The van der Waals surface area contributed by atoms with Crippen molar-refractivity contribution < 1.29 is 32.2 Å². The minimum absolute atomic E-state index is 0.0394. The highest BCUT2D eigenvalue weighted by Crippen LogP contribution is 2.29. The van der Waals surface area contributed by atoms with Crippen LogP contribution in [0.4, 0.5) is 0 Å². The van der Waals surface area contributed by atoms with Crippen LogP contribution in [-0.2, 0) is 45.8 Å². The van der Waals surface area contributed by atoms with Gasteiger partial charge in [-0.15, -0.1) is 0 Å². The summed E-state index contributed by atoms with van der Waals surface area (Å²) >= 11 is 0. The predicted molar refractivity (Wildman–Crippen MR) is 134 cm³/mol. The largest absolute Gasteiger partial charge is 0.463 e. The highest BCUT2D eigenvalue weighted by molar-refractivity contribution is 7.89. The highest BCUT2D eigenvalue weighted by Gasteiger charge is 2.38. The molecule has 1 aliphatic rings. The van der Waals surface area contributed by atoms with Crippen LogP contribution < -0.4 is 0 Å². The Balaban J connectivity index is 1.99. The van der Waals surface area contributed by atoms with Gasteiger partial charge < -0.3 is 14.2 Å². The molecule has 0 unspecified atom stereocenters. The fraction of sp³-hybridized carbons (Fsp3) is 0.407. The van der Waals surface area contributed by atoms with Crippen LogP contribution in [0.25, 0.3) is 0 Å². The van der Waals surface area contributed by atoms with Gasteiger partial charge in [0.2, 0.25) is 10.0 Å². The van der Waals surface area contributed by atoms with Gasteiger partial charge in [0.25, 0.3) is 0 Å². The van der Waals surface area contributed by atoms with E-state index >= 15 is 0 Å². The van der Waals surface area contributed by atoms with Crippen LogP contribution in [0.2, 0.25) is 0 Å². The number of ether oxygens (including phenoxy) is 3. The zero-order chi connectivity index (χ0) is 26.5. The molecule has 1 aliphatic heterocycles. The fourth-order valence-corrected chi connectivity index (χ4v) is 5.24. The smallest absolute Gasteiger partial charge is 0.303 e. The first-order valence-electron chi connectivity index (χ1n) is 11.7. The first-order valence-corrected chi connectivity index (χ1v) is 13.1. The first-order chi connectivity index (χ1) is 16.9. The molecule has 0 saturated heterocycles. The van der Waals surface area contributed by atoms with E-state index in [1.807, 2.05) is 42.5 Å². The van der Waals surface area contributed by atoms with E-state index in [4.69, 9.17) is 14.2 Å². The van der Waals surface area contributed by atoms with Crippen molar-refractivity contribution in [2.24, 2.45) is 0 Å². The highest BCUT2D eigenvalue weighted by atomic mass is 32.2. The molecule has 0 aliphatic carbocycles. The summed E-state index contributed by atoms with van der Waals surface area (Å²) < 4.78 is 45.4. The van der Waals surface area contributed by atoms with E-state index < -0.39 is 40.4 Å². The Morgan fingerprint density at radius 1 is 0.944 bits per heavy atom. The molecule has 3 rings (SSSR count). The standard InChI is InChI=1S/C27H33NO7S/c1-19(29)33-18-25-24(34-20(2)30)15-16-26(35-25)28(17-21-9-7-6-8-10-21)36(31,32)23-13-11-22(12-14-23)27(3,4)5/h6-16,24-26H,17-18H2,1-5H3/t24-,25+,26-/m0/s1. The van der Waals surface area contributed by atoms with Gasteiger partial charge in [0, 0.05) is 20.4 Å². The molecular weight excluding hydrogens is 482 g/mol. The predicted octanol–water partition coefficient (Wildman–Crippen LogP) is 3.95. The van der Waals surface area contributed by atoms with Gasteiger partial charge in [-0.05, 0) is 40.8 Å². The van der Waals surface area contributed by atoms with Crippen molar-refractivity contribution in [1.82, 2.24) is 4.31 Å². The Kier molecular flexibility index (Phi) is 8.71. The van der Waals surface area contributed by atoms with E-state index in [0.29, 0.717) is 0 Å². The molecule has 8 nitrogen and oxygen atoms in total. The summed E-state index contributed by atoms with van der Waals surface area (Å²) in [7, 11) is -4.01. The van der Waals surface area contributed by atoms with Crippen LogP contribution in [0.3, 0.4) is 0 Å². The Morgan fingerprint density at radius 3 is 2.14 bits per heavy atom. The Labute approximate surface area is 212 Å². The molecule has 0 radical (unpaired) electrons. The molecular formula is C27H33NO7S. The lowest BCUT2D eigenvalue weighted by atomic mass is 9.87. The lowest BCUT2D eigenvalue weighted by Crippen LogP contribution is -2.49. The Morgan fingerprint density at radius 2 is 1.58 bits per heavy atom. The van der Waals surface area contributed by atoms with Gasteiger partial charge in [-0.3, -0.25) is 9.59 Å². The number of hydrogen-bond acceptors (Lipinski definition) is 7. The van der Waals surface area contributed by atoms with E-state index in [1.54, 1.807) is 24.3 Å². The summed E-state index contributed by atoms with van der Waals surface area (Å²) in [6.45, 7) is 8.52. The molecule has 0 N–H and O–H groups in total. The molecule has 0 amide bonds. The summed E-state index contributed by atoms with van der Waals surface area (Å²) in [5.41, 5.74) is 1.65. The van der Waals surface area contributed by atoms with Crippen LogP contribution in [0, 0.1) is 0 Å². The number of nitrogens with zero attached hydrogens (tertiary/aromatic N) is 1. The van der Waals surface area contributed by atoms with Crippen LogP contribution in [-0.4, -0.2) is 49.7 Å². The monoisotopic (exact) mass is 515 g/mol. The van der Waals surface area contributed by atoms with Crippen molar-refractivity contribution in [3.05, 3.63) is 77.9 Å². The van der Waals surface area contributed by atoms with Crippen LogP contribution in [0.1, 0.15) is 45.7 Å². The molecule has 194 valence electrons. The molecule has 0 fully saturated rings. The Bertz CT molecular complexity index is 1180. The third-order valence-corrected chi connectivity index (χ3v) is 7.51. The number of carbonyl (C=O) groups excluding carboxylic acids is 2. The van der Waals surface area contributed by atoms with Crippen LogP contribution in [0.5, 0.6) is 0 Å². The number of benzene rings is 2. The number of hydrogen-bond donors (Lipinski definition) is 0. The zero-order valence-corrected chi connectivity index (χ0v) is 22.0. The number of rotatable bonds is 8. The van der Waals surface area contributed by atoms with E-state index in [2.05, 4.69) is 20.8 Å². The van der Waals surface area contributed by atoms with Crippen LogP contribution >= 0.6 is 0 Å². The van der Waals surface area contributed by atoms with E-state index in [9.17, 15) is 18.0 Å². The third-order valence-electron chi connectivity index (χ3n) is 5.69. The second-order valence-corrected chi connectivity index (χ2v) is 11.5. The number of sulfonamides is 1. The van der Waals surface area contributed by atoms with Gasteiger partial charge in [0.15, 0.2) is 0 Å². The van der Waals surface area contributed by atoms with E-state index in [-0.39, 0.29) is 23.5 Å². The maximum atomic E-state index is 13.9. The molecule has 1 heterocycles. The van der Waals surface area contributed by atoms with Gasteiger partial charge in [-0.2, -0.15) is 4.31 Å². The molecule has 0 saturated carbocycles. The maximum absolute atomic E-state index is 13.9. The molecule has 0 aromatic heterocycles. The topological polar surface area (TPSA) is 99.2 Å². The lowest BCUT2D eigenvalue weighted by Gasteiger charge is -2.36. The second kappa shape index (κ2) is 11.4. The van der Waals surface area contributed by atoms with Gasteiger partial charge in [-0.25, -0.2) is 8.42 Å². The fourth-order valence-electron chi connectivity index (χ4n) is 3.77. The van der Waals surface area contributed by atoms with E-state index in [0.717, 1.165) is 11.1 Å². The minimum atomic E-state index is -4.01. The molecule has 36 heavy (non-hydrogen) atoms. The summed E-state index contributed by atoms with van der Waals surface area (Å²) in [4.78, 5) is 23.1. The van der Waals surface area contributed by atoms with Crippen molar-refractivity contribution in [1.29, 1.82) is 0 Å². The second-order valence-electron chi connectivity index (χ2n) is 9.64. The zero-order valence-electron chi connectivity index (χ0n) is 21.2.